The predicted octanol–water partition coefficient (Wildman–Crippen LogP) is 3.30. The van der Waals surface area contributed by atoms with Gasteiger partial charge in [0, 0.05) is 18.0 Å². The van der Waals surface area contributed by atoms with Crippen LogP contribution in [0.3, 0.4) is 0 Å². The Labute approximate surface area is 107 Å². The Bertz CT molecular complexity index is 506. The molecule has 92 valence electrons. The van der Waals surface area contributed by atoms with Gasteiger partial charge in [-0.25, -0.2) is 9.97 Å². The Morgan fingerprint density at radius 2 is 1.78 bits per heavy atom. The van der Waals surface area contributed by atoms with Gasteiger partial charge in [-0.1, -0.05) is 49.4 Å². The second-order valence-corrected chi connectivity index (χ2v) is 4.06. The fourth-order valence-corrected chi connectivity index (χ4v) is 1.64. The van der Waals surface area contributed by atoms with Crippen molar-refractivity contribution in [1.82, 2.24) is 9.97 Å². The molecule has 2 rings (SSSR count). The van der Waals surface area contributed by atoms with Crippen molar-refractivity contribution in [3.05, 3.63) is 59.9 Å². The number of nitrogens with zero attached hydrogens (tertiary/aromatic N) is 2. The highest BCUT2D eigenvalue weighted by atomic mass is 16.5. The van der Waals surface area contributed by atoms with Crippen LogP contribution in [0.4, 0.5) is 0 Å². The lowest BCUT2D eigenvalue weighted by Gasteiger charge is -2.05. The lowest BCUT2D eigenvalue weighted by atomic mass is 10.0. The molecule has 1 atom stereocenters. The molecular weight excluding hydrogens is 224 g/mol. The van der Waals surface area contributed by atoms with Crippen LogP contribution in [0.1, 0.15) is 24.0 Å². The smallest absolute Gasteiger partial charge is 0.316 e. The average Bonchev–Trinajstić information content (AvgIpc) is 2.46. The second-order valence-electron chi connectivity index (χ2n) is 4.06. The molecule has 0 saturated carbocycles. The highest BCUT2D eigenvalue weighted by Crippen LogP contribution is 2.17. The highest BCUT2D eigenvalue weighted by molar-refractivity contribution is 5.48. The van der Waals surface area contributed by atoms with Crippen LogP contribution in [-0.4, -0.2) is 17.1 Å². The average molecular weight is 240 g/mol. The zero-order chi connectivity index (χ0) is 12.8. The minimum Gasteiger partial charge on any atom is -0.467 e. The molecule has 0 amide bonds. The van der Waals surface area contributed by atoms with Crippen molar-refractivity contribution in [3.63, 3.8) is 0 Å². The number of rotatable bonds is 4. The maximum absolute atomic E-state index is 4.92. The number of aromatic nitrogens is 2. The molecule has 0 saturated heterocycles. The minimum atomic E-state index is 0.369. The third kappa shape index (κ3) is 3.17. The minimum absolute atomic E-state index is 0.369. The van der Waals surface area contributed by atoms with Gasteiger partial charge in [0.2, 0.25) is 0 Å². The van der Waals surface area contributed by atoms with Crippen LogP contribution in [-0.2, 0) is 0 Å². The summed E-state index contributed by atoms with van der Waals surface area (Å²) in [4.78, 5) is 8.13. The summed E-state index contributed by atoms with van der Waals surface area (Å²) in [7, 11) is 1.56. The van der Waals surface area contributed by atoms with Crippen LogP contribution in [0.15, 0.2) is 48.8 Å². The first kappa shape index (κ1) is 12.3. The molecule has 0 spiro atoms. The van der Waals surface area contributed by atoms with E-state index in [9.17, 15) is 0 Å². The van der Waals surface area contributed by atoms with Gasteiger partial charge in [0.25, 0.3) is 0 Å². The Morgan fingerprint density at radius 3 is 2.39 bits per heavy atom. The molecule has 1 aromatic heterocycles. The number of hydrogen-bond acceptors (Lipinski definition) is 3. The quantitative estimate of drug-likeness (QED) is 0.822. The lowest BCUT2D eigenvalue weighted by molar-refractivity contribution is 0.379. The predicted molar refractivity (Wildman–Crippen MR) is 72.5 cm³/mol. The molecule has 0 N–H and O–H groups in total. The summed E-state index contributed by atoms with van der Waals surface area (Å²) in [6, 6.07) is 10.8. The van der Waals surface area contributed by atoms with Gasteiger partial charge in [-0.05, 0) is 11.5 Å². The van der Waals surface area contributed by atoms with Crippen LogP contribution >= 0.6 is 0 Å². The van der Waals surface area contributed by atoms with E-state index in [2.05, 4.69) is 47.2 Å². The van der Waals surface area contributed by atoms with Gasteiger partial charge < -0.3 is 4.74 Å². The molecule has 18 heavy (non-hydrogen) atoms. The molecule has 1 aromatic carbocycles. The summed E-state index contributed by atoms with van der Waals surface area (Å²) >= 11 is 0. The van der Waals surface area contributed by atoms with Crippen molar-refractivity contribution in [3.8, 4) is 6.01 Å². The van der Waals surface area contributed by atoms with Crippen molar-refractivity contribution >= 4 is 6.08 Å². The van der Waals surface area contributed by atoms with E-state index in [1.54, 1.807) is 19.5 Å². The van der Waals surface area contributed by atoms with Crippen molar-refractivity contribution < 1.29 is 4.74 Å². The maximum atomic E-state index is 4.92. The van der Waals surface area contributed by atoms with E-state index in [0.717, 1.165) is 5.56 Å². The summed E-state index contributed by atoms with van der Waals surface area (Å²) in [5.41, 5.74) is 2.27. The summed E-state index contributed by atoms with van der Waals surface area (Å²) in [5, 5.41) is 0. The van der Waals surface area contributed by atoms with Gasteiger partial charge in [-0.2, -0.15) is 0 Å². The van der Waals surface area contributed by atoms with Crippen LogP contribution in [0, 0.1) is 0 Å². The first-order valence-electron chi connectivity index (χ1n) is 5.89. The molecule has 1 heterocycles. The molecule has 0 radical (unpaired) electrons. The Kier molecular flexibility index (Phi) is 4.07. The van der Waals surface area contributed by atoms with Gasteiger partial charge in [0.1, 0.15) is 0 Å². The van der Waals surface area contributed by atoms with Gasteiger partial charge >= 0.3 is 6.01 Å². The Morgan fingerprint density at radius 1 is 1.11 bits per heavy atom. The highest BCUT2D eigenvalue weighted by Gasteiger charge is 2.00. The number of benzene rings is 1. The van der Waals surface area contributed by atoms with Gasteiger partial charge in [0.05, 0.1) is 7.11 Å². The van der Waals surface area contributed by atoms with Crippen molar-refractivity contribution in [2.75, 3.05) is 7.11 Å². The second kappa shape index (κ2) is 5.96. The standard InChI is InChI=1S/C15H16N2O/c1-12(14-6-4-3-5-7-14)8-9-13-10-16-15(18-2)17-11-13/h3-12H,1-2H3/b9-8+/t12-/m0/s1. The van der Waals surface area contributed by atoms with Crippen molar-refractivity contribution in [2.45, 2.75) is 12.8 Å². The third-order valence-electron chi connectivity index (χ3n) is 2.73. The summed E-state index contributed by atoms with van der Waals surface area (Å²) in [6.45, 7) is 2.16. The normalized spacial score (nSPS) is 12.6. The van der Waals surface area contributed by atoms with Crippen molar-refractivity contribution in [1.29, 1.82) is 0 Å². The Balaban J connectivity index is 2.06. The van der Waals surface area contributed by atoms with Gasteiger partial charge in [0.15, 0.2) is 0 Å². The molecule has 0 aliphatic heterocycles. The monoisotopic (exact) mass is 240 g/mol. The van der Waals surface area contributed by atoms with Crippen LogP contribution in [0.5, 0.6) is 6.01 Å². The fraction of sp³-hybridized carbons (Fsp3) is 0.200. The number of ether oxygens (including phenoxy) is 1. The van der Waals surface area contributed by atoms with E-state index in [4.69, 9.17) is 4.74 Å². The SMILES string of the molecule is COc1ncc(/C=C/[C@H](C)c2ccccc2)cn1. The molecule has 0 bridgehead atoms. The zero-order valence-corrected chi connectivity index (χ0v) is 10.6. The zero-order valence-electron chi connectivity index (χ0n) is 10.6. The molecule has 2 aromatic rings. The molecule has 0 unspecified atom stereocenters. The van der Waals surface area contributed by atoms with Crippen LogP contribution in [0.2, 0.25) is 0 Å². The summed E-state index contributed by atoms with van der Waals surface area (Å²) in [5.74, 6) is 0.369. The third-order valence-corrected chi connectivity index (χ3v) is 2.73. The van der Waals surface area contributed by atoms with E-state index in [0.29, 0.717) is 11.9 Å². The maximum Gasteiger partial charge on any atom is 0.316 e. The summed E-state index contributed by atoms with van der Waals surface area (Å²) < 4.78 is 4.92. The van der Waals surface area contributed by atoms with E-state index < -0.39 is 0 Å². The van der Waals surface area contributed by atoms with Crippen molar-refractivity contribution in [2.24, 2.45) is 0 Å². The number of hydrogen-bond donors (Lipinski definition) is 0. The molecule has 3 heteroatoms. The molecule has 3 nitrogen and oxygen atoms in total. The topological polar surface area (TPSA) is 35.0 Å². The molecule has 0 aliphatic carbocycles. The van der Waals surface area contributed by atoms with E-state index in [-0.39, 0.29) is 0 Å². The number of allylic oxidation sites excluding steroid dienone is 1. The van der Waals surface area contributed by atoms with Gasteiger partial charge in [-0.15, -0.1) is 0 Å². The van der Waals surface area contributed by atoms with Crippen LogP contribution < -0.4 is 4.74 Å². The molecule has 0 fully saturated rings. The fourth-order valence-electron chi connectivity index (χ4n) is 1.64. The van der Waals surface area contributed by atoms with E-state index in [1.807, 2.05) is 12.1 Å². The van der Waals surface area contributed by atoms with Gasteiger partial charge in [-0.3, -0.25) is 0 Å². The molecular formula is C15H16N2O. The summed E-state index contributed by atoms with van der Waals surface area (Å²) in [6.07, 6.45) is 7.66. The Hall–Kier alpha value is -2.16. The first-order chi connectivity index (χ1) is 8.79. The van der Waals surface area contributed by atoms with E-state index >= 15 is 0 Å². The van der Waals surface area contributed by atoms with E-state index in [1.165, 1.54) is 5.56 Å². The van der Waals surface area contributed by atoms with Crippen LogP contribution in [0.25, 0.3) is 6.08 Å². The molecule has 0 aliphatic rings. The first-order valence-corrected chi connectivity index (χ1v) is 5.89. The number of methoxy groups -OCH3 is 1. The largest absolute Gasteiger partial charge is 0.467 e. The lowest BCUT2D eigenvalue weighted by Crippen LogP contribution is -1.91.